The Morgan fingerprint density at radius 3 is 2.17 bits per heavy atom. The van der Waals surface area contributed by atoms with Crippen LogP contribution in [0.5, 0.6) is 0 Å². The third-order valence-electron chi connectivity index (χ3n) is 4.91. The molecule has 0 unspecified atom stereocenters. The Morgan fingerprint density at radius 2 is 1.71 bits per heavy atom. The molecule has 1 fully saturated rings. The SMILES string of the molecule is CC(C)(C)[Si](C)(C)OC1CC(OC(=O)c2ccc([N+](=O)[O-])cc2)C1. The summed E-state index contributed by atoms with van der Waals surface area (Å²) < 4.78 is 11.7. The fourth-order valence-corrected chi connectivity index (χ4v) is 3.62. The molecule has 1 aromatic rings. The van der Waals surface area contributed by atoms with Gasteiger partial charge in [0.1, 0.15) is 6.10 Å². The average Bonchev–Trinajstić information content (AvgIpc) is 2.43. The second-order valence-corrected chi connectivity index (χ2v) is 12.6. The number of hydrogen-bond acceptors (Lipinski definition) is 5. The van der Waals surface area contributed by atoms with Crippen LogP contribution < -0.4 is 0 Å². The van der Waals surface area contributed by atoms with Gasteiger partial charge in [0.15, 0.2) is 8.32 Å². The minimum Gasteiger partial charge on any atom is -0.459 e. The van der Waals surface area contributed by atoms with E-state index in [0.29, 0.717) is 18.4 Å². The number of carbonyl (C=O) groups excluding carboxylic acids is 1. The van der Waals surface area contributed by atoms with E-state index in [1.807, 2.05) is 0 Å². The highest BCUT2D eigenvalue weighted by atomic mass is 28.4. The van der Waals surface area contributed by atoms with Gasteiger partial charge >= 0.3 is 5.97 Å². The highest BCUT2D eigenvalue weighted by molar-refractivity contribution is 6.74. The number of non-ortho nitro benzene ring substituents is 1. The minimum atomic E-state index is -1.79. The lowest BCUT2D eigenvalue weighted by Crippen LogP contribution is -2.49. The molecule has 0 atom stereocenters. The number of nitro benzene ring substituents is 1. The van der Waals surface area contributed by atoms with Crippen LogP contribution in [0, 0.1) is 10.1 Å². The predicted molar refractivity (Wildman–Crippen MR) is 93.6 cm³/mol. The zero-order valence-electron chi connectivity index (χ0n) is 14.9. The van der Waals surface area contributed by atoms with Crippen molar-refractivity contribution < 1.29 is 18.9 Å². The first-order valence-electron chi connectivity index (χ1n) is 8.13. The van der Waals surface area contributed by atoms with Gasteiger partial charge in [-0.15, -0.1) is 0 Å². The average molecular weight is 351 g/mol. The van der Waals surface area contributed by atoms with Crippen LogP contribution in [0.1, 0.15) is 44.0 Å². The van der Waals surface area contributed by atoms with Crippen LogP contribution in [0.3, 0.4) is 0 Å². The van der Waals surface area contributed by atoms with Crippen molar-refractivity contribution in [2.24, 2.45) is 0 Å². The molecule has 0 saturated heterocycles. The molecule has 0 amide bonds. The maximum absolute atomic E-state index is 12.1. The van der Waals surface area contributed by atoms with Crippen LogP contribution in [0.25, 0.3) is 0 Å². The zero-order chi connectivity index (χ0) is 18.1. The molecular weight excluding hydrogens is 326 g/mol. The van der Waals surface area contributed by atoms with Crippen LogP contribution in [-0.4, -0.2) is 31.4 Å². The lowest BCUT2D eigenvalue weighted by molar-refractivity contribution is -0.384. The van der Waals surface area contributed by atoms with Crippen molar-refractivity contribution in [3.05, 3.63) is 39.9 Å². The maximum Gasteiger partial charge on any atom is 0.338 e. The fourth-order valence-electron chi connectivity index (χ4n) is 2.24. The van der Waals surface area contributed by atoms with Gasteiger partial charge < -0.3 is 9.16 Å². The van der Waals surface area contributed by atoms with Crippen molar-refractivity contribution in [1.82, 2.24) is 0 Å². The fraction of sp³-hybridized carbons (Fsp3) is 0.588. The van der Waals surface area contributed by atoms with Gasteiger partial charge in [-0.1, -0.05) is 20.8 Å². The van der Waals surface area contributed by atoms with Gasteiger partial charge in [-0.25, -0.2) is 4.79 Å². The Morgan fingerprint density at radius 1 is 1.17 bits per heavy atom. The van der Waals surface area contributed by atoms with E-state index in [0.717, 1.165) is 0 Å². The van der Waals surface area contributed by atoms with E-state index >= 15 is 0 Å². The largest absolute Gasteiger partial charge is 0.459 e. The topological polar surface area (TPSA) is 78.7 Å². The Hall–Kier alpha value is -1.73. The Labute approximate surface area is 143 Å². The summed E-state index contributed by atoms with van der Waals surface area (Å²) in [7, 11) is -1.79. The molecule has 1 aliphatic carbocycles. The number of nitro groups is 1. The first-order chi connectivity index (χ1) is 11.0. The Kier molecular flexibility index (Phi) is 5.15. The van der Waals surface area contributed by atoms with Gasteiger partial charge in [-0.05, 0) is 30.3 Å². The summed E-state index contributed by atoms with van der Waals surface area (Å²) in [6.45, 7) is 11.0. The number of nitrogens with zero attached hydrogens (tertiary/aromatic N) is 1. The second kappa shape index (κ2) is 6.64. The number of ether oxygens (including phenoxy) is 1. The summed E-state index contributed by atoms with van der Waals surface area (Å²) in [6.07, 6.45) is 1.44. The molecule has 0 heterocycles. The third-order valence-corrected chi connectivity index (χ3v) is 9.44. The molecule has 1 saturated carbocycles. The van der Waals surface area contributed by atoms with E-state index in [2.05, 4.69) is 33.9 Å². The monoisotopic (exact) mass is 351 g/mol. The molecule has 0 aliphatic heterocycles. The summed E-state index contributed by atoms with van der Waals surface area (Å²) in [5, 5.41) is 10.8. The van der Waals surface area contributed by atoms with Gasteiger partial charge in [-0.2, -0.15) is 0 Å². The molecule has 1 aromatic carbocycles. The van der Waals surface area contributed by atoms with Crippen molar-refractivity contribution in [2.45, 2.75) is 64.0 Å². The molecule has 0 aromatic heterocycles. The van der Waals surface area contributed by atoms with Gasteiger partial charge in [0.05, 0.1) is 16.6 Å². The quantitative estimate of drug-likeness (QED) is 0.342. The molecular formula is C17H25NO5Si. The highest BCUT2D eigenvalue weighted by Gasteiger charge is 2.43. The molecule has 0 spiro atoms. The van der Waals surface area contributed by atoms with Gasteiger partial charge in [0, 0.05) is 25.0 Å². The Bertz CT molecular complexity index is 615. The van der Waals surface area contributed by atoms with Crippen molar-refractivity contribution in [2.75, 3.05) is 0 Å². The zero-order valence-corrected chi connectivity index (χ0v) is 15.9. The summed E-state index contributed by atoms with van der Waals surface area (Å²) in [5.74, 6) is -0.444. The molecule has 7 heteroatoms. The van der Waals surface area contributed by atoms with Gasteiger partial charge in [0.25, 0.3) is 5.69 Å². The third kappa shape index (κ3) is 4.21. The lowest BCUT2D eigenvalue weighted by atomic mass is 9.92. The normalized spacial score (nSPS) is 21.0. The predicted octanol–water partition coefficient (Wildman–Crippen LogP) is 4.30. The van der Waals surface area contributed by atoms with E-state index in [1.165, 1.54) is 24.3 Å². The van der Waals surface area contributed by atoms with E-state index < -0.39 is 19.2 Å². The van der Waals surface area contributed by atoms with Crippen molar-refractivity contribution >= 4 is 20.0 Å². The van der Waals surface area contributed by atoms with E-state index in [-0.39, 0.29) is 22.9 Å². The molecule has 0 bridgehead atoms. The van der Waals surface area contributed by atoms with Crippen molar-refractivity contribution in [1.29, 1.82) is 0 Å². The molecule has 2 rings (SSSR count). The van der Waals surface area contributed by atoms with Crippen LogP contribution >= 0.6 is 0 Å². The number of benzene rings is 1. The summed E-state index contributed by atoms with van der Waals surface area (Å²) in [4.78, 5) is 22.2. The van der Waals surface area contributed by atoms with Crippen LogP contribution in [0.2, 0.25) is 18.1 Å². The molecule has 24 heavy (non-hydrogen) atoms. The maximum atomic E-state index is 12.1. The Balaban J connectivity index is 1.83. The first-order valence-corrected chi connectivity index (χ1v) is 11.0. The highest BCUT2D eigenvalue weighted by Crippen LogP contribution is 2.40. The minimum absolute atomic E-state index is 0.0435. The first kappa shape index (κ1) is 18.6. The summed E-state index contributed by atoms with van der Waals surface area (Å²) in [6, 6.07) is 5.45. The van der Waals surface area contributed by atoms with Gasteiger partial charge in [0.2, 0.25) is 0 Å². The lowest BCUT2D eigenvalue weighted by Gasteiger charge is -2.44. The number of esters is 1. The second-order valence-electron chi connectivity index (χ2n) is 7.80. The van der Waals surface area contributed by atoms with E-state index in [9.17, 15) is 14.9 Å². The molecule has 0 radical (unpaired) electrons. The number of hydrogen-bond donors (Lipinski definition) is 0. The van der Waals surface area contributed by atoms with Gasteiger partial charge in [-0.3, -0.25) is 10.1 Å². The van der Waals surface area contributed by atoms with Crippen molar-refractivity contribution in [3.63, 3.8) is 0 Å². The van der Waals surface area contributed by atoms with E-state index in [4.69, 9.17) is 9.16 Å². The summed E-state index contributed by atoms with van der Waals surface area (Å²) in [5.41, 5.74) is 0.285. The number of rotatable bonds is 5. The molecule has 132 valence electrons. The van der Waals surface area contributed by atoms with Crippen LogP contribution in [0.4, 0.5) is 5.69 Å². The van der Waals surface area contributed by atoms with Crippen LogP contribution in [0.15, 0.2) is 24.3 Å². The molecule has 1 aliphatic rings. The van der Waals surface area contributed by atoms with E-state index in [1.54, 1.807) is 0 Å². The van der Waals surface area contributed by atoms with Crippen LogP contribution in [-0.2, 0) is 9.16 Å². The van der Waals surface area contributed by atoms with Crippen molar-refractivity contribution in [3.8, 4) is 0 Å². The summed E-state index contributed by atoms with van der Waals surface area (Å²) >= 11 is 0. The number of carbonyl (C=O) groups is 1. The standard InChI is InChI=1S/C17H25NO5Si/c1-17(2,3)24(4,5)23-15-10-14(11-15)22-16(19)12-6-8-13(9-7-12)18(20)21/h6-9,14-15H,10-11H2,1-5H3. The molecule has 6 nitrogen and oxygen atoms in total. The molecule has 0 N–H and O–H groups in total. The smallest absolute Gasteiger partial charge is 0.338 e.